The smallest absolute Gasteiger partial charge is 0.244 e. The van der Waals surface area contributed by atoms with Crippen molar-refractivity contribution in [2.45, 2.75) is 24.8 Å². The maximum atomic E-state index is 12.4. The maximum absolute atomic E-state index is 12.4. The van der Waals surface area contributed by atoms with Gasteiger partial charge in [-0.3, -0.25) is 0 Å². The molecule has 0 aliphatic rings. The standard InChI is InChI=1S/C13H22N2O5S/c1-8(2)10(7-16)15-21(17,18)13-5-9(14)11(19-3)6-12(13)20-4/h5-6,8,10,15-16H,7,14H2,1-4H3/t10-/m1/s1. The molecule has 1 aromatic rings. The number of hydrogen-bond donors (Lipinski definition) is 3. The molecule has 0 aliphatic heterocycles. The number of methoxy groups -OCH3 is 2. The molecule has 7 nitrogen and oxygen atoms in total. The quantitative estimate of drug-likeness (QED) is 0.634. The number of aliphatic hydroxyl groups is 1. The Kier molecular flexibility index (Phi) is 5.82. The fraction of sp³-hybridized carbons (Fsp3) is 0.538. The molecule has 0 spiro atoms. The molecule has 1 aromatic carbocycles. The number of nitrogen functional groups attached to an aromatic ring is 1. The lowest BCUT2D eigenvalue weighted by molar-refractivity contribution is 0.227. The molecular formula is C13H22N2O5S. The Labute approximate surface area is 125 Å². The average Bonchev–Trinajstić information content (AvgIpc) is 2.44. The average molecular weight is 318 g/mol. The van der Waals surface area contributed by atoms with Gasteiger partial charge in [-0.25, -0.2) is 13.1 Å². The second kappa shape index (κ2) is 6.97. The minimum absolute atomic E-state index is 0.0636. The summed E-state index contributed by atoms with van der Waals surface area (Å²) < 4.78 is 37.4. The summed E-state index contributed by atoms with van der Waals surface area (Å²) in [7, 11) is -1.09. The number of nitrogens with one attached hydrogen (secondary N) is 1. The molecule has 0 aromatic heterocycles. The van der Waals surface area contributed by atoms with Gasteiger partial charge < -0.3 is 20.3 Å². The SMILES string of the molecule is COc1cc(OC)c(S(=O)(=O)N[C@H](CO)C(C)C)cc1N. The van der Waals surface area contributed by atoms with E-state index in [0.29, 0.717) is 5.75 Å². The molecule has 0 radical (unpaired) electrons. The van der Waals surface area contributed by atoms with E-state index in [1.54, 1.807) is 0 Å². The van der Waals surface area contributed by atoms with E-state index < -0.39 is 16.1 Å². The number of rotatable bonds is 7. The van der Waals surface area contributed by atoms with Crippen LogP contribution in [0.3, 0.4) is 0 Å². The normalized spacial score (nSPS) is 13.2. The van der Waals surface area contributed by atoms with Crippen LogP contribution in [0.5, 0.6) is 11.5 Å². The molecule has 0 aliphatic carbocycles. The monoisotopic (exact) mass is 318 g/mol. The van der Waals surface area contributed by atoms with Crippen LogP contribution in [-0.2, 0) is 10.0 Å². The summed E-state index contributed by atoms with van der Waals surface area (Å²) in [6.07, 6.45) is 0. The van der Waals surface area contributed by atoms with Crippen LogP contribution in [0, 0.1) is 5.92 Å². The third-order valence-electron chi connectivity index (χ3n) is 3.11. The van der Waals surface area contributed by atoms with Gasteiger partial charge in [0.05, 0.1) is 26.5 Å². The molecule has 0 saturated carbocycles. The van der Waals surface area contributed by atoms with E-state index in [0.717, 1.165) is 0 Å². The van der Waals surface area contributed by atoms with Gasteiger partial charge in [-0.05, 0) is 12.0 Å². The lowest BCUT2D eigenvalue weighted by Gasteiger charge is -2.21. The molecule has 21 heavy (non-hydrogen) atoms. The van der Waals surface area contributed by atoms with E-state index in [1.165, 1.54) is 26.4 Å². The van der Waals surface area contributed by atoms with Crippen LogP contribution in [0.4, 0.5) is 5.69 Å². The molecule has 0 fully saturated rings. The summed E-state index contributed by atoms with van der Waals surface area (Å²) in [5.74, 6) is 0.383. The van der Waals surface area contributed by atoms with Crippen LogP contribution in [0.2, 0.25) is 0 Å². The molecule has 120 valence electrons. The molecule has 4 N–H and O–H groups in total. The van der Waals surface area contributed by atoms with Gasteiger partial charge >= 0.3 is 0 Å². The van der Waals surface area contributed by atoms with Crippen molar-refractivity contribution in [1.29, 1.82) is 0 Å². The lowest BCUT2D eigenvalue weighted by Crippen LogP contribution is -2.41. The highest BCUT2D eigenvalue weighted by atomic mass is 32.2. The first-order valence-corrected chi connectivity index (χ1v) is 7.89. The summed E-state index contributed by atoms with van der Waals surface area (Å²) in [5.41, 5.74) is 5.94. The second-order valence-corrected chi connectivity index (χ2v) is 6.58. The number of benzene rings is 1. The largest absolute Gasteiger partial charge is 0.495 e. The zero-order valence-corrected chi connectivity index (χ0v) is 13.4. The highest BCUT2D eigenvalue weighted by molar-refractivity contribution is 7.89. The fourth-order valence-corrected chi connectivity index (χ4v) is 3.31. The van der Waals surface area contributed by atoms with Gasteiger partial charge in [0.2, 0.25) is 10.0 Å². The molecule has 0 bridgehead atoms. The van der Waals surface area contributed by atoms with Crippen molar-refractivity contribution in [2.75, 3.05) is 26.6 Å². The Morgan fingerprint density at radius 1 is 1.24 bits per heavy atom. The van der Waals surface area contributed by atoms with Gasteiger partial charge in [0.1, 0.15) is 16.4 Å². The van der Waals surface area contributed by atoms with Crippen LogP contribution in [0.15, 0.2) is 17.0 Å². The first-order chi connectivity index (χ1) is 9.76. The Morgan fingerprint density at radius 2 is 1.81 bits per heavy atom. The van der Waals surface area contributed by atoms with Crippen molar-refractivity contribution >= 4 is 15.7 Å². The number of nitrogens with two attached hydrogens (primary N) is 1. The van der Waals surface area contributed by atoms with E-state index in [9.17, 15) is 13.5 Å². The van der Waals surface area contributed by atoms with Crippen LogP contribution in [0.25, 0.3) is 0 Å². The third-order valence-corrected chi connectivity index (χ3v) is 4.62. The van der Waals surface area contributed by atoms with Gasteiger partial charge in [0, 0.05) is 12.1 Å². The van der Waals surface area contributed by atoms with Gasteiger partial charge in [0.25, 0.3) is 0 Å². The Hall–Kier alpha value is -1.51. The summed E-state index contributed by atoms with van der Waals surface area (Å²) in [6, 6.07) is 2.09. The van der Waals surface area contributed by atoms with Gasteiger partial charge in [-0.2, -0.15) is 0 Å². The molecule has 0 saturated heterocycles. The minimum atomic E-state index is -3.88. The molecule has 8 heteroatoms. The summed E-state index contributed by atoms with van der Waals surface area (Å²) >= 11 is 0. The topological polar surface area (TPSA) is 111 Å². The predicted molar refractivity (Wildman–Crippen MR) is 80.0 cm³/mol. The van der Waals surface area contributed by atoms with Crippen molar-refractivity contribution in [2.24, 2.45) is 5.92 Å². The van der Waals surface area contributed by atoms with Crippen molar-refractivity contribution in [3.05, 3.63) is 12.1 Å². The summed E-state index contributed by atoms with van der Waals surface area (Å²) in [6.45, 7) is 3.32. The zero-order valence-electron chi connectivity index (χ0n) is 12.6. The fourth-order valence-electron chi connectivity index (χ4n) is 1.75. The molecular weight excluding hydrogens is 296 g/mol. The van der Waals surface area contributed by atoms with Gasteiger partial charge in [0.15, 0.2) is 0 Å². The predicted octanol–water partition coefficient (Wildman–Crippen LogP) is 0.581. The first kappa shape index (κ1) is 17.5. The highest BCUT2D eigenvalue weighted by Crippen LogP contribution is 2.33. The minimum Gasteiger partial charge on any atom is -0.495 e. The first-order valence-electron chi connectivity index (χ1n) is 6.41. The Bertz CT molecular complexity index is 586. The summed E-state index contributed by atoms with van der Waals surface area (Å²) in [4.78, 5) is -0.0950. The van der Waals surface area contributed by atoms with Crippen LogP contribution in [0.1, 0.15) is 13.8 Å². The molecule has 0 unspecified atom stereocenters. The number of sulfonamides is 1. The molecule has 1 rings (SSSR count). The molecule has 0 amide bonds. The van der Waals surface area contributed by atoms with E-state index >= 15 is 0 Å². The van der Waals surface area contributed by atoms with Gasteiger partial charge in [-0.1, -0.05) is 13.8 Å². The van der Waals surface area contributed by atoms with Crippen molar-refractivity contribution in [3.63, 3.8) is 0 Å². The maximum Gasteiger partial charge on any atom is 0.244 e. The van der Waals surface area contributed by atoms with Crippen LogP contribution < -0.4 is 19.9 Å². The zero-order chi connectivity index (χ0) is 16.2. The lowest BCUT2D eigenvalue weighted by atomic mass is 10.1. The van der Waals surface area contributed by atoms with E-state index in [1.807, 2.05) is 13.8 Å². The van der Waals surface area contributed by atoms with E-state index in [4.69, 9.17) is 15.2 Å². The molecule has 0 heterocycles. The highest BCUT2D eigenvalue weighted by Gasteiger charge is 2.26. The van der Waals surface area contributed by atoms with Gasteiger partial charge in [-0.15, -0.1) is 0 Å². The number of ether oxygens (including phenoxy) is 2. The Balaban J connectivity index is 3.27. The number of hydrogen-bond acceptors (Lipinski definition) is 6. The summed E-state index contributed by atoms with van der Waals surface area (Å²) in [5, 5.41) is 9.27. The Morgan fingerprint density at radius 3 is 2.24 bits per heavy atom. The molecule has 1 atom stereocenters. The van der Waals surface area contributed by atoms with Crippen molar-refractivity contribution < 1.29 is 23.0 Å². The van der Waals surface area contributed by atoms with Crippen molar-refractivity contribution in [3.8, 4) is 11.5 Å². The second-order valence-electron chi connectivity index (χ2n) is 4.90. The van der Waals surface area contributed by atoms with E-state index in [2.05, 4.69) is 4.72 Å². The van der Waals surface area contributed by atoms with Crippen molar-refractivity contribution in [1.82, 2.24) is 4.72 Å². The van der Waals surface area contributed by atoms with E-state index in [-0.39, 0.29) is 28.9 Å². The number of aliphatic hydroxyl groups excluding tert-OH is 1. The van der Waals surface area contributed by atoms with Crippen LogP contribution >= 0.6 is 0 Å². The van der Waals surface area contributed by atoms with Crippen LogP contribution in [-0.4, -0.2) is 40.4 Å². The number of anilines is 1. The third kappa shape index (κ3) is 3.99.